The van der Waals surface area contributed by atoms with Crippen LogP contribution in [-0.4, -0.2) is 37.8 Å². The van der Waals surface area contributed by atoms with Gasteiger partial charge in [-0.1, -0.05) is 6.42 Å². The summed E-state index contributed by atoms with van der Waals surface area (Å²) in [5, 5.41) is 2.78. The Morgan fingerprint density at radius 3 is 2.67 bits per heavy atom. The molecule has 6 nitrogen and oxygen atoms in total. The molecule has 27 heavy (non-hydrogen) atoms. The molecule has 1 saturated heterocycles. The van der Waals surface area contributed by atoms with Crippen molar-refractivity contribution in [1.29, 1.82) is 0 Å². The Balaban J connectivity index is 1.76. The molecule has 1 atom stereocenters. The van der Waals surface area contributed by atoms with E-state index in [0.29, 0.717) is 19.5 Å². The standard InChI is InChI=1S/C19H23FN2O4S/c1-14(12-16-6-5-11-26-16)21-19(23)15-7-8-17(20)18(13-15)27(24,25)22-9-3-2-4-10-22/h5-8,11,13-14H,2-4,9-10,12H2,1H3,(H,21,23). The van der Waals surface area contributed by atoms with E-state index in [0.717, 1.165) is 37.2 Å². The third-order valence-electron chi connectivity index (χ3n) is 4.59. The lowest BCUT2D eigenvalue weighted by Gasteiger charge is -2.26. The van der Waals surface area contributed by atoms with Crippen molar-refractivity contribution in [2.75, 3.05) is 13.1 Å². The minimum Gasteiger partial charge on any atom is -0.469 e. The molecule has 0 bridgehead atoms. The zero-order chi connectivity index (χ0) is 19.4. The summed E-state index contributed by atoms with van der Waals surface area (Å²) in [5.41, 5.74) is 0.110. The molecule has 1 fully saturated rings. The van der Waals surface area contributed by atoms with Crippen LogP contribution in [0.2, 0.25) is 0 Å². The number of nitrogens with zero attached hydrogens (tertiary/aromatic N) is 1. The average molecular weight is 394 g/mol. The molecule has 1 aromatic carbocycles. The summed E-state index contributed by atoms with van der Waals surface area (Å²) in [5.74, 6) is -0.569. The first kappa shape index (κ1) is 19.6. The van der Waals surface area contributed by atoms with Crippen LogP contribution in [0.5, 0.6) is 0 Å². The van der Waals surface area contributed by atoms with Crippen molar-refractivity contribution in [2.24, 2.45) is 0 Å². The quantitative estimate of drug-likeness (QED) is 0.817. The second kappa shape index (κ2) is 8.22. The molecule has 3 rings (SSSR count). The number of sulfonamides is 1. The molecular formula is C19H23FN2O4S. The molecule has 1 aromatic heterocycles. The molecule has 2 heterocycles. The van der Waals surface area contributed by atoms with Crippen LogP contribution in [-0.2, 0) is 16.4 Å². The van der Waals surface area contributed by atoms with Gasteiger partial charge in [0, 0.05) is 31.1 Å². The summed E-state index contributed by atoms with van der Waals surface area (Å²) in [7, 11) is -3.95. The third-order valence-corrected chi connectivity index (χ3v) is 6.50. The summed E-state index contributed by atoms with van der Waals surface area (Å²) in [6.45, 7) is 2.56. The monoisotopic (exact) mass is 394 g/mol. The number of carbonyl (C=O) groups is 1. The Bertz CT molecular complexity index is 890. The number of rotatable bonds is 6. The molecule has 0 radical (unpaired) electrons. The highest BCUT2D eigenvalue weighted by Gasteiger charge is 2.29. The van der Waals surface area contributed by atoms with Gasteiger partial charge < -0.3 is 9.73 Å². The van der Waals surface area contributed by atoms with Crippen molar-refractivity contribution in [3.63, 3.8) is 0 Å². The topological polar surface area (TPSA) is 79.6 Å². The van der Waals surface area contributed by atoms with E-state index in [1.165, 1.54) is 10.4 Å². The van der Waals surface area contributed by atoms with Crippen molar-refractivity contribution in [3.05, 3.63) is 53.7 Å². The summed E-state index contributed by atoms with van der Waals surface area (Å²) >= 11 is 0. The highest BCUT2D eigenvalue weighted by Crippen LogP contribution is 2.24. The second-order valence-corrected chi connectivity index (χ2v) is 8.67. The van der Waals surface area contributed by atoms with Gasteiger partial charge in [0.1, 0.15) is 16.5 Å². The minimum atomic E-state index is -3.95. The van der Waals surface area contributed by atoms with Gasteiger partial charge in [-0.15, -0.1) is 0 Å². The highest BCUT2D eigenvalue weighted by atomic mass is 32.2. The molecule has 1 aliphatic rings. The average Bonchev–Trinajstić information content (AvgIpc) is 3.15. The van der Waals surface area contributed by atoms with E-state index >= 15 is 0 Å². The minimum absolute atomic E-state index is 0.110. The van der Waals surface area contributed by atoms with Gasteiger partial charge in [-0.25, -0.2) is 12.8 Å². The van der Waals surface area contributed by atoms with Crippen LogP contribution >= 0.6 is 0 Å². The molecule has 0 spiro atoms. The van der Waals surface area contributed by atoms with E-state index in [9.17, 15) is 17.6 Å². The van der Waals surface area contributed by atoms with Crippen molar-refractivity contribution < 1.29 is 22.0 Å². The number of benzene rings is 1. The zero-order valence-electron chi connectivity index (χ0n) is 15.2. The van der Waals surface area contributed by atoms with Gasteiger partial charge in [0.05, 0.1) is 6.26 Å². The maximum Gasteiger partial charge on any atom is 0.251 e. The third kappa shape index (κ3) is 4.56. The first-order valence-electron chi connectivity index (χ1n) is 9.01. The van der Waals surface area contributed by atoms with E-state index in [-0.39, 0.29) is 11.6 Å². The maximum absolute atomic E-state index is 14.2. The second-order valence-electron chi connectivity index (χ2n) is 6.77. The Morgan fingerprint density at radius 1 is 1.26 bits per heavy atom. The van der Waals surface area contributed by atoms with Gasteiger partial charge in [0.2, 0.25) is 10.0 Å². The number of carbonyl (C=O) groups excluding carboxylic acids is 1. The number of furan rings is 1. The highest BCUT2D eigenvalue weighted by molar-refractivity contribution is 7.89. The summed E-state index contributed by atoms with van der Waals surface area (Å²) in [6, 6.07) is 6.79. The van der Waals surface area contributed by atoms with Crippen LogP contribution in [0.4, 0.5) is 4.39 Å². The van der Waals surface area contributed by atoms with E-state index in [2.05, 4.69) is 5.32 Å². The number of hydrogen-bond acceptors (Lipinski definition) is 4. The SMILES string of the molecule is CC(Cc1ccco1)NC(=O)c1ccc(F)c(S(=O)(=O)N2CCCCC2)c1. The van der Waals surface area contributed by atoms with Crippen LogP contribution in [0.15, 0.2) is 45.9 Å². The normalized spacial score (nSPS) is 16.8. The summed E-state index contributed by atoms with van der Waals surface area (Å²) < 4.78 is 46.3. The van der Waals surface area contributed by atoms with Crippen LogP contribution in [0.3, 0.4) is 0 Å². The fourth-order valence-corrected chi connectivity index (χ4v) is 4.78. The van der Waals surface area contributed by atoms with Crippen molar-refractivity contribution in [2.45, 2.75) is 43.5 Å². The molecule has 146 valence electrons. The Hall–Kier alpha value is -2.19. The Morgan fingerprint density at radius 2 is 2.00 bits per heavy atom. The maximum atomic E-state index is 14.2. The fourth-order valence-electron chi connectivity index (χ4n) is 3.18. The van der Waals surface area contributed by atoms with Gasteiger partial charge in [0.15, 0.2) is 0 Å². The molecule has 1 unspecified atom stereocenters. The van der Waals surface area contributed by atoms with E-state index in [1.54, 1.807) is 12.3 Å². The Labute approximate surface area is 158 Å². The summed E-state index contributed by atoms with van der Waals surface area (Å²) in [4.78, 5) is 12.0. The molecule has 0 aliphatic carbocycles. The number of amides is 1. The first-order valence-corrected chi connectivity index (χ1v) is 10.4. The fraction of sp³-hybridized carbons (Fsp3) is 0.421. The van der Waals surface area contributed by atoms with E-state index in [4.69, 9.17) is 4.42 Å². The summed E-state index contributed by atoms with van der Waals surface area (Å²) in [6.07, 6.45) is 4.53. The van der Waals surface area contributed by atoms with Crippen molar-refractivity contribution in [1.82, 2.24) is 9.62 Å². The van der Waals surface area contributed by atoms with Gasteiger partial charge in [-0.3, -0.25) is 4.79 Å². The predicted octanol–water partition coefficient (Wildman–Crippen LogP) is 2.95. The lowest BCUT2D eigenvalue weighted by Crippen LogP contribution is -2.36. The number of hydrogen-bond donors (Lipinski definition) is 1. The number of nitrogens with one attached hydrogen (secondary N) is 1. The van der Waals surface area contributed by atoms with Crippen LogP contribution in [0.1, 0.15) is 42.3 Å². The molecule has 8 heteroatoms. The van der Waals surface area contributed by atoms with Crippen molar-refractivity contribution in [3.8, 4) is 0 Å². The van der Waals surface area contributed by atoms with Gasteiger partial charge in [-0.2, -0.15) is 4.31 Å². The van der Waals surface area contributed by atoms with Crippen LogP contribution < -0.4 is 5.32 Å². The van der Waals surface area contributed by atoms with Gasteiger partial charge in [-0.05, 0) is 50.1 Å². The van der Waals surface area contributed by atoms with Crippen molar-refractivity contribution >= 4 is 15.9 Å². The lowest BCUT2D eigenvalue weighted by molar-refractivity contribution is 0.0939. The number of halogens is 1. The lowest BCUT2D eigenvalue weighted by atomic mass is 10.1. The molecule has 0 saturated carbocycles. The van der Waals surface area contributed by atoms with Gasteiger partial charge in [0.25, 0.3) is 5.91 Å². The first-order chi connectivity index (χ1) is 12.9. The molecule has 1 aliphatic heterocycles. The van der Waals surface area contributed by atoms with Crippen LogP contribution in [0, 0.1) is 5.82 Å². The smallest absolute Gasteiger partial charge is 0.251 e. The molecule has 2 aromatic rings. The number of piperidine rings is 1. The zero-order valence-corrected chi connectivity index (χ0v) is 16.0. The largest absolute Gasteiger partial charge is 0.469 e. The predicted molar refractivity (Wildman–Crippen MR) is 98.4 cm³/mol. The molecule has 1 N–H and O–H groups in total. The van der Waals surface area contributed by atoms with Gasteiger partial charge >= 0.3 is 0 Å². The Kier molecular flexibility index (Phi) is 5.96. The van der Waals surface area contributed by atoms with E-state index in [1.807, 2.05) is 13.0 Å². The molecular weight excluding hydrogens is 371 g/mol. The van der Waals surface area contributed by atoms with E-state index < -0.39 is 26.6 Å². The molecule has 1 amide bonds. The van der Waals surface area contributed by atoms with Crippen LogP contribution in [0.25, 0.3) is 0 Å².